The number of anilines is 1. The third-order valence-electron chi connectivity index (χ3n) is 7.09. The number of hydrogen-bond acceptors (Lipinski definition) is 5. The van der Waals surface area contributed by atoms with E-state index in [9.17, 15) is 14.0 Å². The van der Waals surface area contributed by atoms with Gasteiger partial charge in [0.25, 0.3) is 5.91 Å². The monoisotopic (exact) mass is 560 g/mol. The summed E-state index contributed by atoms with van der Waals surface area (Å²) in [4.78, 5) is 38.5. The summed E-state index contributed by atoms with van der Waals surface area (Å²) in [5.74, 6) is 0.794. The zero-order chi connectivity index (χ0) is 29.8. The molecule has 1 aliphatic heterocycles. The van der Waals surface area contributed by atoms with Gasteiger partial charge in [0.1, 0.15) is 23.0 Å². The molecule has 0 spiro atoms. The number of aromatic nitrogens is 3. The maximum Gasteiger partial charge on any atom is 0.270 e. The molecule has 0 atom stereocenters. The van der Waals surface area contributed by atoms with E-state index in [0.717, 1.165) is 24.0 Å². The number of carbonyl (C=O) groups is 2. The lowest BCUT2D eigenvalue weighted by Crippen LogP contribution is -2.44. The Morgan fingerprint density at radius 1 is 1.00 bits per heavy atom. The van der Waals surface area contributed by atoms with Gasteiger partial charge in [0.15, 0.2) is 5.82 Å². The van der Waals surface area contributed by atoms with Gasteiger partial charge in [-0.1, -0.05) is 77.1 Å². The summed E-state index contributed by atoms with van der Waals surface area (Å²) in [6.45, 7) is 12.3. The fourth-order valence-electron chi connectivity index (χ4n) is 4.80. The smallest absolute Gasteiger partial charge is 0.270 e. The van der Waals surface area contributed by atoms with Crippen LogP contribution in [-0.4, -0.2) is 58.3 Å². The van der Waals surface area contributed by atoms with E-state index in [2.05, 4.69) is 27.5 Å². The maximum absolute atomic E-state index is 13.5. The summed E-state index contributed by atoms with van der Waals surface area (Å²) < 4.78 is 13.4. The van der Waals surface area contributed by atoms with Gasteiger partial charge in [0.2, 0.25) is 6.41 Å². The van der Waals surface area contributed by atoms with E-state index >= 15 is 0 Å². The molecule has 0 unspecified atom stereocenters. The van der Waals surface area contributed by atoms with Gasteiger partial charge in [-0.25, -0.2) is 14.4 Å². The molecule has 1 aliphatic rings. The lowest BCUT2D eigenvalue weighted by molar-refractivity contribution is -0.109. The topological polar surface area (TPSA) is 103 Å². The van der Waals surface area contributed by atoms with Gasteiger partial charge in [-0.3, -0.25) is 9.59 Å². The highest BCUT2D eigenvalue weighted by Crippen LogP contribution is 2.36. The van der Waals surface area contributed by atoms with Gasteiger partial charge in [-0.2, -0.15) is 0 Å². The summed E-state index contributed by atoms with van der Waals surface area (Å²) in [5.41, 5.74) is 2.87. The molecule has 41 heavy (non-hydrogen) atoms. The number of fused-ring (bicyclic) bond motifs is 1. The first kappa shape index (κ1) is 31.3. The summed E-state index contributed by atoms with van der Waals surface area (Å²) in [6, 6.07) is 18.1. The van der Waals surface area contributed by atoms with E-state index in [1.807, 2.05) is 75.1 Å². The number of carbonyl (C=O) groups excluding carboxylic acids is 2. The second kappa shape index (κ2) is 14.9. The quantitative estimate of drug-likeness (QED) is 0.177. The molecule has 0 radical (unpaired) electrons. The fraction of sp³-hybridized carbons (Fsp3) is 0.375. The summed E-state index contributed by atoms with van der Waals surface area (Å²) >= 11 is 0. The van der Waals surface area contributed by atoms with Crippen LogP contribution in [0.2, 0.25) is 0 Å². The number of piperidine rings is 1. The van der Waals surface area contributed by atoms with Crippen molar-refractivity contribution in [2.45, 2.75) is 52.9 Å². The predicted molar refractivity (Wildman–Crippen MR) is 163 cm³/mol. The second-order valence-corrected chi connectivity index (χ2v) is 9.57. The molecule has 3 N–H and O–H groups in total. The maximum atomic E-state index is 13.5. The molecule has 0 bridgehead atoms. The van der Waals surface area contributed by atoms with E-state index in [1.165, 1.54) is 12.1 Å². The molecule has 2 amide bonds. The first-order chi connectivity index (χ1) is 20.0. The number of H-pyrrole nitrogens is 1. The first-order valence-corrected chi connectivity index (χ1v) is 14.4. The molecule has 0 aliphatic carbocycles. The predicted octanol–water partition coefficient (Wildman–Crippen LogP) is 6.17. The molecular formula is C32H41FN6O2. The van der Waals surface area contributed by atoms with Crippen molar-refractivity contribution in [3.63, 3.8) is 0 Å². The zero-order valence-electron chi connectivity index (χ0n) is 24.6. The van der Waals surface area contributed by atoms with Crippen LogP contribution in [0.3, 0.4) is 0 Å². The third-order valence-corrected chi connectivity index (χ3v) is 7.09. The van der Waals surface area contributed by atoms with Crippen molar-refractivity contribution in [2.75, 3.05) is 31.5 Å². The number of hydrogen-bond donors (Lipinski definition) is 3. The van der Waals surface area contributed by atoms with Crippen LogP contribution in [0.15, 0.2) is 60.7 Å². The molecule has 3 heterocycles. The highest BCUT2D eigenvalue weighted by molar-refractivity contribution is 6.00. The van der Waals surface area contributed by atoms with E-state index in [-0.39, 0.29) is 17.1 Å². The minimum Gasteiger partial charge on any atom is -0.368 e. The Morgan fingerprint density at radius 2 is 1.66 bits per heavy atom. The molecule has 9 heteroatoms. The van der Waals surface area contributed by atoms with Crippen LogP contribution in [0.1, 0.15) is 63.5 Å². The molecule has 2 aromatic heterocycles. The van der Waals surface area contributed by atoms with Crippen LogP contribution in [0.25, 0.3) is 22.4 Å². The summed E-state index contributed by atoms with van der Waals surface area (Å²) in [5, 5.41) is 6.59. The van der Waals surface area contributed by atoms with Gasteiger partial charge in [0, 0.05) is 31.7 Å². The molecule has 8 nitrogen and oxygen atoms in total. The SMILES string of the molecule is CC.CC.CC1(c2ccc(F)cc2)CCN(C(=O)c2cc3c(NCCNC=O)nc(-c4ccccc4)nc3[nH]2)CC1. The van der Waals surface area contributed by atoms with Crippen molar-refractivity contribution >= 4 is 29.2 Å². The van der Waals surface area contributed by atoms with Crippen LogP contribution >= 0.6 is 0 Å². The van der Waals surface area contributed by atoms with Crippen molar-refractivity contribution in [1.82, 2.24) is 25.2 Å². The Hall–Kier alpha value is -4.27. The van der Waals surface area contributed by atoms with Crippen molar-refractivity contribution in [1.29, 1.82) is 0 Å². The van der Waals surface area contributed by atoms with E-state index in [1.54, 1.807) is 6.07 Å². The number of rotatable bonds is 8. The normalized spacial score (nSPS) is 13.8. The molecule has 5 rings (SSSR count). The Morgan fingerprint density at radius 3 is 2.29 bits per heavy atom. The standard InChI is InChI=1S/C28H29FN6O2.2C2H6/c1-28(20-7-9-21(29)10-8-20)11-15-35(16-12-28)27(37)23-17-22-25(31-14-13-30-18-36)33-24(34-26(22)32-23)19-5-3-2-4-6-19;2*1-2/h2-10,17-18H,11-16H2,1H3,(H,30,36)(H2,31,32,33,34);2*1-2H3. The van der Waals surface area contributed by atoms with Crippen LogP contribution < -0.4 is 10.6 Å². The molecular weight excluding hydrogens is 519 g/mol. The number of nitrogens with zero attached hydrogens (tertiary/aromatic N) is 3. The van der Waals surface area contributed by atoms with Crippen LogP contribution in [0.4, 0.5) is 10.2 Å². The largest absolute Gasteiger partial charge is 0.368 e. The van der Waals surface area contributed by atoms with Crippen molar-refractivity contribution < 1.29 is 14.0 Å². The minimum absolute atomic E-state index is 0.0889. The van der Waals surface area contributed by atoms with Crippen molar-refractivity contribution in [3.05, 3.63) is 77.7 Å². The summed E-state index contributed by atoms with van der Waals surface area (Å²) in [6.07, 6.45) is 2.23. The fourth-order valence-corrected chi connectivity index (χ4v) is 4.80. The number of amides is 2. The van der Waals surface area contributed by atoms with Crippen LogP contribution in [0.5, 0.6) is 0 Å². The number of benzene rings is 2. The van der Waals surface area contributed by atoms with Crippen LogP contribution in [0, 0.1) is 5.82 Å². The van der Waals surface area contributed by atoms with Gasteiger partial charge < -0.3 is 20.5 Å². The number of nitrogens with one attached hydrogen (secondary N) is 3. The van der Waals surface area contributed by atoms with Gasteiger partial charge in [0.05, 0.1) is 5.39 Å². The molecule has 0 saturated carbocycles. The van der Waals surface area contributed by atoms with Crippen LogP contribution in [-0.2, 0) is 10.2 Å². The number of aromatic amines is 1. The summed E-state index contributed by atoms with van der Waals surface area (Å²) in [7, 11) is 0. The third kappa shape index (κ3) is 7.48. The van der Waals surface area contributed by atoms with Gasteiger partial charge in [-0.15, -0.1) is 0 Å². The number of halogens is 1. The minimum atomic E-state index is -0.244. The van der Waals surface area contributed by atoms with Crippen molar-refractivity contribution in [2.24, 2.45) is 0 Å². The Kier molecular flexibility index (Phi) is 11.4. The molecule has 4 aromatic rings. The molecule has 1 fully saturated rings. The number of likely N-dealkylation sites (tertiary alicyclic amines) is 1. The highest BCUT2D eigenvalue weighted by Gasteiger charge is 2.34. The molecule has 218 valence electrons. The van der Waals surface area contributed by atoms with E-state index in [4.69, 9.17) is 4.98 Å². The van der Waals surface area contributed by atoms with Crippen molar-refractivity contribution in [3.8, 4) is 11.4 Å². The Bertz CT molecular complexity index is 1400. The van der Waals surface area contributed by atoms with Gasteiger partial charge >= 0.3 is 0 Å². The Balaban J connectivity index is 0.00000111. The molecule has 2 aromatic carbocycles. The van der Waals surface area contributed by atoms with E-state index in [0.29, 0.717) is 61.0 Å². The highest BCUT2D eigenvalue weighted by atomic mass is 19.1. The average Bonchev–Trinajstić information content (AvgIpc) is 3.47. The van der Waals surface area contributed by atoms with E-state index < -0.39 is 0 Å². The zero-order valence-corrected chi connectivity index (χ0v) is 24.6. The first-order valence-electron chi connectivity index (χ1n) is 14.4. The lowest BCUT2D eigenvalue weighted by atomic mass is 9.74. The lowest BCUT2D eigenvalue weighted by Gasteiger charge is -2.39. The molecule has 1 saturated heterocycles. The Labute approximate surface area is 241 Å². The second-order valence-electron chi connectivity index (χ2n) is 9.57. The average molecular weight is 561 g/mol. The van der Waals surface area contributed by atoms with Gasteiger partial charge in [-0.05, 0) is 42.0 Å².